The summed E-state index contributed by atoms with van der Waals surface area (Å²) < 4.78 is 17.4. The van der Waals surface area contributed by atoms with Gasteiger partial charge in [0.1, 0.15) is 5.75 Å². The van der Waals surface area contributed by atoms with Gasteiger partial charge in [-0.25, -0.2) is 0 Å². The van der Waals surface area contributed by atoms with Crippen LogP contribution < -0.4 is 19.9 Å². The molecule has 3 aromatic carbocycles. The number of methoxy groups -OCH3 is 1. The van der Waals surface area contributed by atoms with Crippen molar-refractivity contribution in [2.24, 2.45) is 0 Å². The summed E-state index contributed by atoms with van der Waals surface area (Å²) in [4.78, 5) is 32.0. The highest BCUT2D eigenvalue weighted by Crippen LogP contribution is 2.34. The number of anilines is 2. The topological polar surface area (TPSA) is 83.6 Å². The third-order valence-corrected chi connectivity index (χ3v) is 8.86. The predicted octanol–water partition coefficient (Wildman–Crippen LogP) is 4.07. The molecule has 0 bridgehead atoms. The number of carbonyl (C=O) groups is 2. The van der Waals surface area contributed by atoms with Gasteiger partial charge in [0.05, 0.1) is 18.4 Å². The van der Waals surface area contributed by atoms with E-state index in [1.807, 2.05) is 41.3 Å². The van der Waals surface area contributed by atoms with Gasteiger partial charge in [-0.2, -0.15) is 0 Å². The number of nitrogens with one attached hydrogen (secondary N) is 1. The molecule has 2 fully saturated rings. The molecule has 0 spiro atoms. The molecule has 1 N–H and O–H groups in total. The Bertz CT molecular complexity index is 1410. The normalized spacial score (nSPS) is 20.3. The molecule has 9 nitrogen and oxygen atoms in total. The van der Waals surface area contributed by atoms with E-state index in [1.54, 1.807) is 12.0 Å². The highest BCUT2D eigenvalue weighted by molar-refractivity contribution is 5.98. The van der Waals surface area contributed by atoms with Gasteiger partial charge in [-0.15, -0.1) is 0 Å². The number of fused-ring (bicyclic) bond motifs is 1. The van der Waals surface area contributed by atoms with Gasteiger partial charge >= 0.3 is 0 Å². The van der Waals surface area contributed by atoms with Crippen LogP contribution in [0.1, 0.15) is 40.2 Å². The standard InChI is InChI=1S/C35H42N4O5/c1-42-21-5-16-39-31-22-26(8-13-32(31)44-25-34(39)40)24-43-33-23-36-15-14-30(33)27-9-11-28(12-10-27)35(41)38-19-17-37(18-20-38)29-6-3-2-4-7-29/h2-4,6-13,22,30,33,36H,5,14-21,23-25H2,1H3. The van der Waals surface area contributed by atoms with Crippen LogP contribution in [0, 0.1) is 0 Å². The summed E-state index contributed by atoms with van der Waals surface area (Å²) in [6.07, 6.45) is 1.70. The van der Waals surface area contributed by atoms with Crippen molar-refractivity contribution >= 4 is 23.2 Å². The summed E-state index contributed by atoms with van der Waals surface area (Å²) in [5.41, 5.74) is 4.91. The number of ether oxygens (including phenoxy) is 3. The number of piperazine rings is 1. The Morgan fingerprint density at radius 3 is 2.57 bits per heavy atom. The average molecular weight is 599 g/mol. The van der Waals surface area contributed by atoms with Crippen molar-refractivity contribution in [2.75, 3.05) is 75.9 Å². The van der Waals surface area contributed by atoms with Gasteiger partial charge in [-0.05, 0) is 66.9 Å². The van der Waals surface area contributed by atoms with E-state index < -0.39 is 0 Å². The maximum atomic E-state index is 13.3. The summed E-state index contributed by atoms with van der Waals surface area (Å²) in [5.74, 6) is 0.992. The first-order chi connectivity index (χ1) is 21.6. The van der Waals surface area contributed by atoms with Crippen LogP contribution in [0.15, 0.2) is 72.8 Å². The minimum absolute atomic E-state index is 0.0110. The molecule has 2 amide bonds. The summed E-state index contributed by atoms with van der Waals surface area (Å²) >= 11 is 0. The largest absolute Gasteiger partial charge is 0.482 e. The Kier molecular flexibility index (Phi) is 9.75. The first kappa shape index (κ1) is 30.1. The molecular formula is C35H42N4O5. The highest BCUT2D eigenvalue weighted by Gasteiger charge is 2.29. The second-order valence-corrected chi connectivity index (χ2v) is 11.7. The van der Waals surface area contributed by atoms with Crippen LogP contribution in [-0.4, -0.2) is 89.0 Å². The molecule has 44 heavy (non-hydrogen) atoms. The zero-order valence-corrected chi connectivity index (χ0v) is 25.5. The second-order valence-electron chi connectivity index (χ2n) is 11.7. The van der Waals surface area contributed by atoms with Gasteiger partial charge < -0.3 is 34.2 Å². The molecule has 2 saturated heterocycles. The lowest BCUT2D eigenvalue weighted by Crippen LogP contribution is -2.48. The summed E-state index contributed by atoms with van der Waals surface area (Å²) in [7, 11) is 1.67. The quantitative estimate of drug-likeness (QED) is 0.353. The number of benzene rings is 3. The Labute approximate surface area is 259 Å². The van der Waals surface area contributed by atoms with Crippen LogP contribution in [0.4, 0.5) is 11.4 Å². The third kappa shape index (κ3) is 6.90. The van der Waals surface area contributed by atoms with E-state index in [4.69, 9.17) is 14.2 Å². The number of hydrogen-bond acceptors (Lipinski definition) is 7. The van der Waals surface area contributed by atoms with E-state index in [1.165, 1.54) is 11.3 Å². The zero-order valence-electron chi connectivity index (χ0n) is 25.5. The molecule has 0 radical (unpaired) electrons. The fourth-order valence-electron chi connectivity index (χ4n) is 6.40. The van der Waals surface area contributed by atoms with Gasteiger partial charge in [-0.1, -0.05) is 36.4 Å². The van der Waals surface area contributed by atoms with Crippen LogP contribution in [0.25, 0.3) is 0 Å². The average Bonchev–Trinajstić information content (AvgIpc) is 3.08. The number of carbonyl (C=O) groups excluding carboxylic acids is 2. The van der Waals surface area contributed by atoms with Crippen LogP contribution in [0.2, 0.25) is 0 Å². The van der Waals surface area contributed by atoms with E-state index in [-0.39, 0.29) is 30.4 Å². The maximum Gasteiger partial charge on any atom is 0.265 e. The number of piperidine rings is 1. The maximum absolute atomic E-state index is 13.3. The number of hydrogen-bond donors (Lipinski definition) is 1. The Morgan fingerprint density at radius 2 is 1.80 bits per heavy atom. The van der Waals surface area contributed by atoms with Gasteiger partial charge in [0.15, 0.2) is 6.61 Å². The third-order valence-electron chi connectivity index (χ3n) is 8.86. The van der Waals surface area contributed by atoms with Crippen LogP contribution in [0.3, 0.4) is 0 Å². The monoisotopic (exact) mass is 598 g/mol. The molecule has 3 heterocycles. The minimum atomic E-state index is -0.0420. The molecular weight excluding hydrogens is 556 g/mol. The number of rotatable bonds is 10. The van der Waals surface area contributed by atoms with Crippen LogP contribution in [0.5, 0.6) is 5.75 Å². The van der Waals surface area contributed by atoms with Crippen molar-refractivity contribution in [1.82, 2.24) is 10.2 Å². The zero-order chi connectivity index (χ0) is 30.3. The lowest BCUT2D eigenvalue weighted by Gasteiger charge is -2.36. The fraction of sp³-hybridized carbons (Fsp3) is 0.429. The van der Waals surface area contributed by atoms with Gasteiger partial charge in [-0.3, -0.25) is 9.59 Å². The van der Waals surface area contributed by atoms with Crippen molar-refractivity contribution in [3.8, 4) is 5.75 Å². The lowest BCUT2D eigenvalue weighted by atomic mass is 9.87. The van der Waals surface area contributed by atoms with Crippen molar-refractivity contribution in [2.45, 2.75) is 31.5 Å². The van der Waals surface area contributed by atoms with E-state index in [2.05, 4.69) is 46.6 Å². The highest BCUT2D eigenvalue weighted by atomic mass is 16.5. The second kappa shape index (κ2) is 14.2. The van der Waals surface area contributed by atoms with Crippen molar-refractivity contribution in [3.63, 3.8) is 0 Å². The first-order valence-corrected chi connectivity index (χ1v) is 15.7. The number of nitrogens with zero attached hydrogens (tertiary/aromatic N) is 3. The molecule has 232 valence electrons. The lowest BCUT2D eigenvalue weighted by molar-refractivity contribution is -0.121. The van der Waals surface area contributed by atoms with Gasteiger partial charge in [0.2, 0.25) is 0 Å². The van der Waals surface area contributed by atoms with E-state index >= 15 is 0 Å². The van der Waals surface area contributed by atoms with E-state index in [0.29, 0.717) is 32.8 Å². The molecule has 0 saturated carbocycles. The molecule has 9 heteroatoms. The van der Waals surface area contributed by atoms with Crippen molar-refractivity contribution in [1.29, 1.82) is 0 Å². The Morgan fingerprint density at radius 1 is 1.00 bits per heavy atom. The number of amides is 2. The molecule has 2 unspecified atom stereocenters. The summed E-state index contributed by atoms with van der Waals surface area (Å²) in [5, 5.41) is 3.48. The molecule has 0 aromatic heterocycles. The minimum Gasteiger partial charge on any atom is -0.482 e. The van der Waals surface area contributed by atoms with Gasteiger partial charge in [0, 0.05) is 70.2 Å². The predicted molar refractivity (Wildman–Crippen MR) is 171 cm³/mol. The van der Waals surface area contributed by atoms with Gasteiger partial charge in [0.25, 0.3) is 11.8 Å². The smallest absolute Gasteiger partial charge is 0.265 e. The molecule has 3 aliphatic heterocycles. The Balaban J connectivity index is 1.07. The molecule has 2 atom stereocenters. The van der Waals surface area contributed by atoms with Crippen LogP contribution >= 0.6 is 0 Å². The van der Waals surface area contributed by atoms with Crippen molar-refractivity contribution in [3.05, 3.63) is 89.5 Å². The summed E-state index contributed by atoms with van der Waals surface area (Å²) in [6.45, 7) is 6.45. The molecule has 6 rings (SSSR count). The van der Waals surface area contributed by atoms with Crippen molar-refractivity contribution < 1.29 is 23.8 Å². The fourth-order valence-corrected chi connectivity index (χ4v) is 6.40. The van der Waals surface area contributed by atoms with E-state index in [0.717, 1.165) is 61.6 Å². The SMILES string of the molecule is COCCCN1C(=O)COc2ccc(COC3CNCCC3c3ccc(C(=O)N4CCN(c5ccccc5)CC4)cc3)cc21. The van der Waals surface area contributed by atoms with E-state index in [9.17, 15) is 9.59 Å². The first-order valence-electron chi connectivity index (χ1n) is 15.7. The molecule has 0 aliphatic carbocycles. The number of para-hydroxylation sites is 1. The molecule has 3 aromatic rings. The summed E-state index contributed by atoms with van der Waals surface area (Å²) in [6, 6.07) is 24.5. The molecule has 3 aliphatic rings. The Hall–Kier alpha value is -3.92. The van der Waals surface area contributed by atoms with Crippen LogP contribution in [-0.2, 0) is 20.9 Å².